The maximum atomic E-state index is 11.9. The number of hydrogen-bond acceptors (Lipinski definition) is 6. The number of hydrogen-bond donors (Lipinski definition) is 2. The number of nitrogens with one attached hydrogen (secondary N) is 1. The molecule has 1 aromatic rings. The van der Waals surface area contributed by atoms with Crippen molar-refractivity contribution in [3.8, 4) is 0 Å². The number of anilines is 2. The Hall–Kier alpha value is -1.83. The first-order valence-corrected chi connectivity index (χ1v) is 8.13. The van der Waals surface area contributed by atoms with Gasteiger partial charge in [-0.05, 0) is 24.3 Å². The van der Waals surface area contributed by atoms with Crippen molar-refractivity contribution in [3.63, 3.8) is 0 Å². The van der Waals surface area contributed by atoms with Crippen molar-refractivity contribution in [2.75, 3.05) is 49.1 Å². The maximum absolute atomic E-state index is 11.9. The lowest BCUT2D eigenvalue weighted by Gasteiger charge is -2.38. The topological polar surface area (TPSA) is 80.1 Å². The second-order valence-electron chi connectivity index (χ2n) is 6.20. The molecule has 1 aromatic carbocycles. The van der Waals surface area contributed by atoms with Crippen LogP contribution in [0.2, 0.25) is 0 Å². The first kappa shape index (κ1) is 14.7. The molecule has 7 heteroatoms. The molecule has 0 saturated carbocycles. The van der Waals surface area contributed by atoms with Crippen LogP contribution < -0.4 is 20.9 Å². The molecule has 124 valence electrons. The fourth-order valence-corrected chi connectivity index (χ4v) is 3.59. The highest BCUT2D eigenvalue weighted by Gasteiger charge is 2.36. The summed E-state index contributed by atoms with van der Waals surface area (Å²) >= 11 is 0. The highest BCUT2D eigenvalue weighted by atomic mass is 16.6. The molecule has 3 aliphatic rings. The molecule has 0 bridgehead atoms. The van der Waals surface area contributed by atoms with E-state index in [0.717, 1.165) is 31.9 Å². The minimum absolute atomic E-state index is 0.216. The number of carbonyl (C=O) groups excluding carboxylic acids is 1. The van der Waals surface area contributed by atoms with Crippen molar-refractivity contribution in [3.05, 3.63) is 24.3 Å². The Morgan fingerprint density at radius 3 is 2.74 bits per heavy atom. The molecule has 3 N–H and O–H groups in total. The molecule has 3 unspecified atom stereocenters. The summed E-state index contributed by atoms with van der Waals surface area (Å²) in [6.07, 6.45) is -0.270. The fourth-order valence-electron chi connectivity index (χ4n) is 3.59. The summed E-state index contributed by atoms with van der Waals surface area (Å²) in [7, 11) is 0. The minimum Gasteiger partial charge on any atom is -0.443 e. The van der Waals surface area contributed by atoms with E-state index in [2.05, 4.69) is 22.3 Å². The van der Waals surface area contributed by atoms with E-state index in [9.17, 15) is 4.79 Å². The number of amides is 1. The molecule has 7 nitrogen and oxygen atoms in total. The van der Waals surface area contributed by atoms with Gasteiger partial charge in [-0.15, -0.1) is 0 Å². The van der Waals surface area contributed by atoms with Gasteiger partial charge in [0.1, 0.15) is 6.10 Å². The van der Waals surface area contributed by atoms with Gasteiger partial charge in [0, 0.05) is 37.6 Å². The number of carbonyl (C=O) groups is 1. The van der Waals surface area contributed by atoms with E-state index in [-0.39, 0.29) is 18.3 Å². The summed E-state index contributed by atoms with van der Waals surface area (Å²) in [5, 5.41) is 3.39. The van der Waals surface area contributed by atoms with Gasteiger partial charge in [-0.25, -0.2) is 4.79 Å². The van der Waals surface area contributed by atoms with Gasteiger partial charge >= 0.3 is 6.09 Å². The van der Waals surface area contributed by atoms with Gasteiger partial charge in [-0.1, -0.05) is 0 Å². The predicted molar refractivity (Wildman–Crippen MR) is 86.9 cm³/mol. The zero-order chi connectivity index (χ0) is 15.8. The maximum Gasteiger partial charge on any atom is 0.414 e. The van der Waals surface area contributed by atoms with Crippen LogP contribution in [0.5, 0.6) is 0 Å². The Kier molecular flexibility index (Phi) is 3.84. The van der Waals surface area contributed by atoms with E-state index in [1.54, 1.807) is 4.90 Å². The SMILES string of the molecule is NCC1CN(c2ccc(N3CCOC4CNCC43)cc2)C(=O)O1. The van der Waals surface area contributed by atoms with Crippen LogP contribution in [0.4, 0.5) is 16.2 Å². The van der Waals surface area contributed by atoms with Crippen LogP contribution in [0.3, 0.4) is 0 Å². The Labute approximate surface area is 135 Å². The average molecular weight is 318 g/mol. The van der Waals surface area contributed by atoms with Gasteiger partial charge in [-0.2, -0.15) is 0 Å². The largest absolute Gasteiger partial charge is 0.443 e. The van der Waals surface area contributed by atoms with Crippen molar-refractivity contribution in [2.45, 2.75) is 18.2 Å². The third kappa shape index (κ3) is 2.65. The second-order valence-corrected chi connectivity index (χ2v) is 6.20. The minimum atomic E-state index is -0.320. The quantitative estimate of drug-likeness (QED) is 0.826. The van der Waals surface area contributed by atoms with Crippen molar-refractivity contribution in [1.29, 1.82) is 0 Å². The van der Waals surface area contributed by atoms with Crippen LogP contribution in [-0.2, 0) is 9.47 Å². The predicted octanol–water partition coefficient (Wildman–Crippen LogP) is 0.148. The molecule has 3 fully saturated rings. The summed E-state index contributed by atoms with van der Waals surface area (Å²) in [5.41, 5.74) is 7.60. The summed E-state index contributed by atoms with van der Waals surface area (Å²) in [6.45, 7) is 4.37. The van der Waals surface area contributed by atoms with E-state index in [0.29, 0.717) is 19.1 Å². The normalized spacial score (nSPS) is 30.5. The fraction of sp³-hybridized carbons (Fsp3) is 0.562. The Bertz CT molecular complexity index is 579. The van der Waals surface area contributed by atoms with Crippen LogP contribution in [0.15, 0.2) is 24.3 Å². The molecule has 23 heavy (non-hydrogen) atoms. The molecule has 3 heterocycles. The molecule has 0 aromatic heterocycles. The van der Waals surface area contributed by atoms with Crippen molar-refractivity contribution < 1.29 is 14.3 Å². The summed E-state index contributed by atoms with van der Waals surface area (Å²) in [5.74, 6) is 0. The Balaban J connectivity index is 1.51. The third-order valence-electron chi connectivity index (χ3n) is 4.82. The summed E-state index contributed by atoms with van der Waals surface area (Å²) < 4.78 is 11.0. The molecule has 3 saturated heterocycles. The highest BCUT2D eigenvalue weighted by Crippen LogP contribution is 2.28. The van der Waals surface area contributed by atoms with E-state index in [4.69, 9.17) is 15.2 Å². The van der Waals surface area contributed by atoms with Crippen LogP contribution in [0.25, 0.3) is 0 Å². The van der Waals surface area contributed by atoms with E-state index >= 15 is 0 Å². The van der Waals surface area contributed by atoms with Gasteiger partial charge in [0.05, 0.1) is 25.3 Å². The number of morpholine rings is 1. The highest BCUT2D eigenvalue weighted by molar-refractivity contribution is 5.90. The zero-order valence-electron chi connectivity index (χ0n) is 13.0. The van der Waals surface area contributed by atoms with Gasteiger partial charge in [-0.3, -0.25) is 4.90 Å². The smallest absolute Gasteiger partial charge is 0.414 e. The summed E-state index contributed by atoms with van der Waals surface area (Å²) in [4.78, 5) is 15.9. The number of benzene rings is 1. The van der Waals surface area contributed by atoms with Gasteiger partial charge in [0.25, 0.3) is 0 Å². The first-order chi connectivity index (χ1) is 11.3. The van der Waals surface area contributed by atoms with Crippen molar-refractivity contribution in [2.24, 2.45) is 5.73 Å². The third-order valence-corrected chi connectivity index (χ3v) is 4.82. The molecule has 4 rings (SSSR count). The van der Waals surface area contributed by atoms with Crippen LogP contribution >= 0.6 is 0 Å². The average Bonchev–Trinajstić information content (AvgIpc) is 3.21. The summed E-state index contributed by atoms with van der Waals surface area (Å²) in [6, 6.07) is 8.47. The molecular weight excluding hydrogens is 296 g/mol. The standard InChI is InChI=1S/C16H22N4O3/c17-7-13-10-20(16(21)23-13)12-3-1-11(2-4-12)19-5-6-22-15-9-18-8-14(15)19/h1-4,13-15,18H,5-10,17H2. The number of rotatable bonds is 3. The number of nitrogens with zero attached hydrogens (tertiary/aromatic N) is 2. The van der Waals surface area contributed by atoms with Gasteiger partial charge in [0.2, 0.25) is 0 Å². The van der Waals surface area contributed by atoms with Gasteiger partial charge in [0.15, 0.2) is 0 Å². The molecule has 0 aliphatic carbocycles. The Morgan fingerprint density at radius 1 is 1.22 bits per heavy atom. The number of ether oxygens (including phenoxy) is 2. The molecule has 1 amide bonds. The molecule has 3 aliphatic heterocycles. The van der Waals surface area contributed by atoms with Crippen molar-refractivity contribution in [1.82, 2.24) is 5.32 Å². The monoisotopic (exact) mass is 318 g/mol. The van der Waals surface area contributed by atoms with E-state index in [1.807, 2.05) is 12.1 Å². The molecule has 0 radical (unpaired) electrons. The first-order valence-electron chi connectivity index (χ1n) is 8.13. The number of fused-ring (bicyclic) bond motifs is 1. The lowest BCUT2D eigenvalue weighted by atomic mass is 10.1. The Morgan fingerprint density at radius 2 is 2.00 bits per heavy atom. The molecular formula is C16H22N4O3. The number of nitrogens with two attached hydrogens (primary N) is 1. The number of cyclic esters (lactones) is 1. The lowest BCUT2D eigenvalue weighted by Crippen LogP contribution is -2.50. The van der Waals surface area contributed by atoms with Crippen molar-refractivity contribution >= 4 is 17.5 Å². The van der Waals surface area contributed by atoms with Gasteiger partial charge < -0.3 is 25.4 Å². The van der Waals surface area contributed by atoms with Crippen LogP contribution in [0.1, 0.15) is 0 Å². The second kappa shape index (κ2) is 5.99. The van der Waals surface area contributed by atoms with E-state index < -0.39 is 0 Å². The molecule has 0 spiro atoms. The van der Waals surface area contributed by atoms with Crippen LogP contribution in [-0.4, -0.2) is 63.7 Å². The van der Waals surface area contributed by atoms with Crippen LogP contribution in [0, 0.1) is 0 Å². The van der Waals surface area contributed by atoms with E-state index in [1.165, 1.54) is 5.69 Å². The zero-order valence-corrected chi connectivity index (χ0v) is 13.0. The lowest BCUT2D eigenvalue weighted by molar-refractivity contribution is 0.0350. The molecule has 3 atom stereocenters.